The Morgan fingerprint density at radius 3 is 2.71 bits per heavy atom. The van der Waals surface area contributed by atoms with Crippen LogP contribution in [-0.2, 0) is 6.54 Å². The summed E-state index contributed by atoms with van der Waals surface area (Å²) in [6.07, 6.45) is 1.01. The zero-order chi connectivity index (χ0) is 12.8. The first kappa shape index (κ1) is 14.4. The molecule has 0 aliphatic heterocycles. The minimum Gasteiger partial charge on any atom is -0.329 e. The van der Waals surface area contributed by atoms with Crippen molar-refractivity contribution in [2.75, 3.05) is 13.1 Å². The lowest BCUT2D eigenvalue weighted by Crippen LogP contribution is -2.36. The number of nitrogens with two attached hydrogens (primary N) is 1. The second-order valence-electron chi connectivity index (χ2n) is 4.22. The number of hydrogen-bond donors (Lipinski definition) is 1. The summed E-state index contributed by atoms with van der Waals surface area (Å²) in [7, 11) is 0. The van der Waals surface area contributed by atoms with E-state index in [4.69, 9.17) is 17.3 Å². The molecule has 0 spiro atoms. The van der Waals surface area contributed by atoms with Crippen LogP contribution < -0.4 is 5.73 Å². The highest BCUT2D eigenvalue weighted by atomic mass is 35.5. The fourth-order valence-corrected chi connectivity index (χ4v) is 1.99. The molecule has 1 aromatic carbocycles. The fraction of sp³-hybridized carbons (Fsp3) is 0.538. The average Bonchev–Trinajstić information content (AvgIpc) is 2.31. The maximum atomic E-state index is 13.7. The minimum absolute atomic E-state index is 0.247. The molecule has 96 valence electrons. The van der Waals surface area contributed by atoms with E-state index in [-0.39, 0.29) is 5.82 Å². The van der Waals surface area contributed by atoms with Crippen LogP contribution in [0.2, 0.25) is 5.02 Å². The standard InChI is InChI=1S/C13H20ClFN2/c1-3-10(2)17(8-7-16)9-11-12(14)5-4-6-13(11)15/h4-6,10H,3,7-9,16H2,1-2H3. The molecule has 0 heterocycles. The molecular formula is C13H20ClFN2. The van der Waals surface area contributed by atoms with Gasteiger partial charge in [-0.05, 0) is 25.5 Å². The molecule has 0 amide bonds. The van der Waals surface area contributed by atoms with E-state index in [2.05, 4.69) is 18.7 Å². The molecule has 4 heteroatoms. The fourth-order valence-electron chi connectivity index (χ4n) is 1.77. The predicted octanol–water partition coefficient (Wildman–Crippen LogP) is 3.04. The predicted molar refractivity (Wildman–Crippen MR) is 70.6 cm³/mol. The molecule has 0 bridgehead atoms. The van der Waals surface area contributed by atoms with E-state index in [1.165, 1.54) is 6.07 Å². The zero-order valence-electron chi connectivity index (χ0n) is 10.4. The van der Waals surface area contributed by atoms with E-state index >= 15 is 0 Å². The lowest BCUT2D eigenvalue weighted by atomic mass is 10.1. The summed E-state index contributed by atoms with van der Waals surface area (Å²) in [4.78, 5) is 2.16. The Kier molecular flexibility index (Phi) is 5.89. The molecule has 0 fully saturated rings. The highest BCUT2D eigenvalue weighted by Crippen LogP contribution is 2.21. The van der Waals surface area contributed by atoms with Crippen molar-refractivity contribution in [1.29, 1.82) is 0 Å². The SMILES string of the molecule is CCC(C)N(CCN)Cc1c(F)cccc1Cl. The van der Waals surface area contributed by atoms with Gasteiger partial charge in [-0.15, -0.1) is 0 Å². The van der Waals surface area contributed by atoms with Crippen molar-refractivity contribution in [2.45, 2.75) is 32.9 Å². The van der Waals surface area contributed by atoms with Gasteiger partial charge in [0.25, 0.3) is 0 Å². The molecular weight excluding hydrogens is 239 g/mol. The normalized spacial score (nSPS) is 13.1. The highest BCUT2D eigenvalue weighted by molar-refractivity contribution is 6.31. The van der Waals surface area contributed by atoms with Crippen LogP contribution in [-0.4, -0.2) is 24.0 Å². The van der Waals surface area contributed by atoms with Gasteiger partial charge in [0.15, 0.2) is 0 Å². The molecule has 1 aromatic rings. The van der Waals surface area contributed by atoms with Crippen LogP contribution >= 0.6 is 11.6 Å². The van der Waals surface area contributed by atoms with Gasteiger partial charge >= 0.3 is 0 Å². The summed E-state index contributed by atoms with van der Waals surface area (Å²) < 4.78 is 13.7. The first-order chi connectivity index (χ1) is 8.10. The topological polar surface area (TPSA) is 29.3 Å². The molecule has 1 atom stereocenters. The Bertz CT molecular complexity index is 337. The van der Waals surface area contributed by atoms with E-state index in [1.807, 2.05) is 0 Å². The Morgan fingerprint density at radius 1 is 1.47 bits per heavy atom. The molecule has 0 aliphatic rings. The second-order valence-corrected chi connectivity index (χ2v) is 4.62. The molecule has 1 rings (SSSR count). The first-order valence-electron chi connectivity index (χ1n) is 5.97. The first-order valence-corrected chi connectivity index (χ1v) is 6.35. The van der Waals surface area contributed by atoms with Crippen molar-refractivity contribution in [3.8, 4) is 0 Å². The lowest BCUT2D eigenvalue weighted by Gasteiger charge is -2.28. The largest absolute Gasteiger partial charge is 0.329 e. The van der Waals surface area contributed by atoms with Gasteiger partial charge < -0.3 is 5.73 Å². The van der Waals surface area contributed by atoms with Gasteiger partial charge in [0.05, 0.1) is 0 Å². The third-order valence-electron chi connectivity index (χ3n) is 3.05. The second kappa shape index (κ2) is 6.94. The molecule has 0 radical (unpaired) electrons. The maximum Gasteiger partial charge on any atom is 0.129 e. The zero-order valence-corrected chi connectivity index (χ0v) is 11.2. The molecule has 0 aliphatic carbocycles. The summed E-state index contributed by atoms with van der Waals surface area (Å²) >= 11 is 6.02. The van der Waals surface area contributed by atoms with Gasteiger partial charge in [-0.2, -0.15) is 0 Å². The minimum atomic E-state index is -0.247. The van der Waals surface area contributed by atoms with E-state index in [9.17, 15) is 4.39 Å². The van der Waals surface area contributed by atoms with Crippen molar-refractivity contribution < 1.29 is 4.39 Å². The van der Waals surface area contributed by atoms with Gasteiger partial charge in [0.2, 0.25) is 0 Å². The van der Waals surface area contributed by atoms with Crippen molar-refractivity contribution in [1.82, 2.24) is 4.90 Å². The Morgan fingerprint density at radius 2 is 2.18 bits per heavy atom. The van der Waals surface area contributed by atoms with Gasteiger partial charge in [0.1, 0.15) is 5.82 Å². The van der Waals surface area contributed by atoms with Crippen LogP contribution in [0.1, 0.15) is 25.8 Å². The number of hydrogen-bond acceptors (Lipinski definition) is 2. The molecule has 1 unspecified atom stereocenters. The quantitative estimate of drug-likeness (QED) is 0.850. The van der Waals surface area contributed by atoms with Crippen molar-refractivity contribution in [3.63, 3.8) is 0 Å². The van der Waals surface area contributed by atoms with Gasteiger partial charge in [-0.25, -0.2) is 4.39 Å². The molecule has 2 N–H and O–H groups in total. The van der Waals surface area contributed by atoms with E-state index in [0.29, 0.717) is 29.7 Å². The third kappa shape index (κ3) is 3.95. The van der Waals surface area contributed by atoms with Crippen molar-refractivity contribution in [2.24, 2.45) is 5.73 Å². The van der Waals surface area contributed by atoms with Crippen LogP contribution in [0, 0.1) is 5.82 Å². The number of nitrogens with zero attached hydrogens (tertiary/aromatic N) is 1. The summed E-state index contributed by atoms with van der Waals surface area (Å²) in [6.45, 7) is 6.05. The van der Waals surface area contributed by atoms with Crippen molar-refractivity contribution >= 4 is 11.6 Å². The van der Waals surface area contributed by atoms with Crippen LogP contribution in [0.4, 0.5) is 4.39 Å². The smallest absolute Gasteiger partial charge is 0.129 e. The van der Waals surface area contributed by atoms with Crippen molar-refractivity contribution in [3.05, 3.63) is 34.6 Å². The van der Waals surface area contributed by atoms with Crippen LogP contribution in [0.5, 0.6) is 0 Å². The summed E-state index contributed by atoms with van der Waals surface area (Å²) in [5, 5.41) is 0.482. The summed E-state index contributed by atoms with van der Waals surface area (Å²) in [5.74, 6) is -0.247. The van der Waals surface area contributed by atoms with E-state index in [0.717, 1.165) is 13.0 Å². The van der Waals surface area contributed by atoms with Gasteiger partial charge in [0, 0.05) is 36.3 Å². The van der Waals surface area contributed by atoms with E-state index in [1.54, 1.807) is 12.1 Å². The maximum absolute atomic E-state index is 13.7. The molecule has 17 heavy (non-hydrogen) atoms. The molecule has 0 saturated carbocycles. The number of rotatable bonds is 6. The van der Waals surface area contributed by atoms with Crippen LogP contribution in [0.25, 0.3) is 0 Å². The molecule has 2 nitrogen and oxygen atoms in total. The van der Waals surface area contributed by atoms with Gasteiger partial charge in [-0.3, -0.25) is 4.90 Å². The number of benzene rings is 1. The van der Waals surface area contributed by atoms with E-state index < -0.39 is 0 Å². The molecule has 0 saturated heterocycles. The average molecular weight is 259 g/mol. The summed E-state index contributed by atoms with van der Waals surface area (Å²) in [5.41, 5.74) is 6.14. The van der Waals surface area contributed by atoms with Crippen LogP contribution in [0.15, 0.2) is 18.2 Å². The Hall–Kier alpha value is -0.640. The highest BCUT2D eigenvalue weighted by Gasteiger charge is 2.15. The third-order valence-corrected chi connectivity index (χ3v) is 3.41. The molecule has 0 aromatic heterocycles. The monoisotopic (exact) mass is 258 g/mol. The Balaban J connectivity index is 2.85. The number of halogens is 2. The lowest BCUT2D eigenvalue weighted by molar-refractivity contribution is 0.198. The summed E-state index contributed by atoms with van der Waals surface area (Å²) in [6, 6.07) is 5.15. The van der Waals surface area contributed by atoms with Gasteiger partial charge in [-0.1, -0.05) is 24.6 Å². The Labute approximate surface area is 108 Å². The van der Waals surface area contributed by atoms with Crippen LogP contribution in [0.3, 0.4) is 0 Å².